The molecule has 154 valence electrons. The van der Waals surface area contributed by atoms with E-state index in [4.69, 9.17) is 33.7 Å². The van der Waals surface area contributed by atoms with E-state index in [1.807, 2.05) is 0 Å². The highest BCUT2D eigenvalue weighted by molar-refractivity contribution is 7.99. The largest absolute Gasteiger partial charge is 0.481 e. The van der Waals surface area contributed by atoms with Crippen molar-refractivity contribution in [3.63, 3.8) is 0 Å². The third-order valence-electron chi connectivity index (χ3n) is 5.57. The number of hydrogen-bond donors (Lipinski definition) is 4. The maximum Gasteiger partial charge on any atom is 0.326 e. The predicted octanol–water partition coefficient (Wildman–Crippen LogP) is 2.51. The second-order valence-electron chi connectivity index (χ2n) is 7.16. The molecule has 0 spiro atoms. The van der Waals surface area contributed by atoms with Crippen molar-refractivity contribution in [2.75, 3.05) is 0 Å². The van der Waals surface area contributed by atoms with Gasteiger partial charge >= 0.3 is 11.9 Å². The summed E-state index contributed by atoms with van der Waals surface area (Å²) < 4.78 is 5.99. The number of hydrogen-bond acceptors (Lipinski definition) is 6. The monoisotopic (exact) mass is 457 g/mol. The third kappa shape index (κ3) is 3.40. The number of benzene rings is 1. The van der Waals surface area contributed by atoms with Gasteiger partial charge in [-0.25, -0.2) is 4.98 Å². The zero-order valence-corrected chi connectivity index (χ0v) is 17.1. The number of H-pyrrole nitrogens is 1. The number of fused-ring (bicyclic) bond motifs is 1. The average Bonchev–Trinajstić information content (AvgIpc) is 3.12. The van der Waals surface area contributed by atoms with E-state index in [2.05, 4.69) is 9.97 Å². The Morgan fingerprint density at radius 1 is 1.31 bits per heavy atom. The Labute approximate surface area is 179 Å². The lowest BCUT2D eigenvalue weighted by Crippen LogP contribution is -2.61. The van der Waals surface area contributed by atoms with E-state index in [-0.39, 0.29) is 6.61 Å². The molecule has 5 N–H and O–H groups in total. The summed E-state index contributed by atoms with van der Waals surface area (Å²) in [6, 6.07) is 4.97. The van der Waals surface area contributed by atoms with Gasteiger partial charge in [-0.1, -0.05) is 41.0 Å². The smallest absolute Gasteiger partial charge is 0.326 e. The number of carboxylic acids is 2. The fraction of sp³-hybridized carbons (Fsp3) is 0.389. The van der Waals surface area contributed by atoms with Crippen molar-refractivity contribution in [2.24, 2.45) is 23.5 Å². The molecule has 2 aromatic rings. The lowest BCUT2D eigenvalue weighted by atomic mass is 9.88. The van der Waals surface area contributed by atoms with Crippen molar-refractivity contribution in [2.45, 2.75) is 28.7 Å². The Balaban J connectivity index is 1.63. The quantitative estimate of drug-likeness (QED) is 0.497. The molecule has 0 saturated heterocycles. The van der Waals surface area contributed by atoms with Gasteiger partial charge in [-0.3, -0.25) is 9.59 Å². The highest BCUT2D eigenvalue weighted by Crippen LogP contribution is 2.65. The third-order valence-corrected chi connectivity index (χ3v) is 7.58. The second-order valence-corrected chi connectivity index (χ2v) is 9.14. The topological polar surface area (TPSA) is 139 Å². The van der Waals surface area contributed by atoms with Crippen LogP contribution >= 0.6 is 35.0 Å². The van der Waals surface area contributed by atoms with Gasteiger partial charge in [-0.2, -0.15) is 0 Å². The normalized spacial score (nSPS) is 32.7. The minimum Gasteiger partial charge on any atom is -0.481 e. The van der Waals surface area contributed by atoms with Crippen molar-refractivity contribution in [1.29, 1.82) is 0 Å². The summed E-state index contributed by atoms with van der Waals surface area (Å²) in [4.78, 5) is 30.9. The first-order chi connectivity index (χ1) is 13.7. The molecule has 0 amide bonds. The van der Waals surface area contributed by atoms with Gasteiger partial charge in [-0.05, 0) is 23.6 Å². The van der Waals surface area contributed by atoms with Gasteiger partial charge in [0.2, 0.25) is 0 Å². The van der Waals surface area contributed by atoms with E-state index in [0.29, 0.717) is 20.8 Å². The van der Waals surface area contributed by atoms with Gasteiger partial charge < -0.3 is 25.7 Å². The molecule has 29 heavy (non-hydrogen) atoms. The molecule has 6 atom stereocenters. The molecule has 1 aromatic heterocycles. The number of nitrogens with zero attached hydrogens (tertiary/aromatic N) is 1. The van der Waals surface area contributed by atoms with E-state index in [1.54, 1.807) is 30.6 Å². The van der Waals surface area contributed by atoms with Gasteiger partial charge in [0.05, 0.1) is 28.7 Å². The summed E-state index contributed by atoms with van der Waals surface area (Å²) in [5, 5.41) is 20.2. The van der Waals surface area contributed by atoms with Crippen molar-refractivity contribution >= 4 is 46.9 Å². The number of rotatable bonds is 7. The number of aliphatic carboxylic acids is 2. The number of imidazole rings is 1. The van der Waals surface area contributed by atoms with Crippen LogP contribution in [0.2, 0.25) is 10.0 Å². The first-order valence-electron chi connectivity index (χ1n) is 8.71. The first kappa shape index (κ1) is 20.5. The van der Waals surface area contributed by atoms with E-state index in [0.717, 1.165) is 0 Å². The number of carboxylic acid groups (broad SMARTS) is 2. The molecule has 8 nitrogen and oxygen atoms in total. The second kappa shape index (κ2) is 7.48. The van der Waals surface area contributed by atoms with Gasteiger partial charge in [0.25, 0.3) is 0 Å². The zero-order chi connectivity index (χ0) is 20.9. The maximum absolute atomic E-state index is 12.1. The van der Waals surface area contributed by atoms with E-state index in [9.17, 15) is 19.8 Å². The Morgan fingerprint density at radius 2 is 2.07 bits per heavy atom. The molecule has 0 aliphatic heterocycles. The molecule has 2 fully saturated rings. The minimum atomic E-state index is -1.83. The lowest BCUT2D eigenvalue weighted by Gasteiger charge is -2.34. The highest BCUT2D eigenvalue weighted by Gasteiger charge is 2.78. The maximum atomic E-state index is 12.1. The summed E-state index contributed by atoms with van der Waals surface area (Å²) >= 11 is 13.2. The first-order valence-corrected chi connectivity index (χ1v) is 10.3. The zero-order valence-electron chi connectivity index (χ0n) is 14.8. The Hall–Kier alpha value is -1.78. The number of aromatic amines is 1. The highest BCUT2D eigenvalue weighted by atomic mass is 35.5. The van der Waals surface area contributed by atoms with E-state index in [1.165, 1.54) is 11.8 Å². The number of ether oxygens (including phenoxy) is 1. The molecule has 1 aromatic carbocycles. The molecule has 2 aliphatic carbocycles. The van der Waals surface area contributed by atoms with Crippen LogP contribution in [-0.4, -0.2) is 49.0 Å². The SMILES string of the molecule is N[C@]1(C(=O)O)[C@@H]2[C@@H](C(=O)O)[C@@H]2[C@H](Sc2ncc[nH]2)[C@H]1OCc1ccc(Cl)c(Cl)c1. The van der Waals surface area contributed by atoms with Gasteiger partial charge in [0.1, 0.15) is 5.54 Å². The number of thioether (sulfide) groups is 1. The van der Waals surface area contributed by atoms with Crippen molar-refractivity contribution in [3.05, 3.63) is 46.2 Å². The summed E-state index contributed by atoms with van der Waals surface area (Å²) in [5.41, 5.74) is 5.19. The molecule has 1 heterocycles. The number of aromatic nitrogens is 2. The molecule has 11 heteroatoms. The van der Waals surface area contributed by atoms with Crippen LogP contribution in [0.4, 0.5) is 0 Å². The summed E-state index contributed by atoms with van der Waals surface area (Å²) in [6.45, 7) is 0.0557. The fourth-order valence-electron chi connectivity index (χ4n) is 4.24. The average molecular weight is 458 g/mol. The van der Waals surface area contributed by atoms with Crippen molar-refractivity contribution < 1.29 is 24.5 Å². The van der Waals surface area contributed by atoms with Crippen LogP contribution in [0.25, 0.3) is 0 Å². The molecular formula is C18H17Cl2N3O5S. The molecule has 2 aliphatic rings. The fourth-order valence-corrected chi connectivity index (χ4v) is 6.00. The minimum absolute atomic E-state index is 0.0557. The number of carbonyl (C=O) groups is 2. The van der Waals surface area contributed by atoms with Crippen LogP contribution < -0.4 is 5.73 Å². The predicted molar refractivity (Wildman–Crippen MR) is 106 cm³/mol. The van der Waals surface area contributed by atoms with Crippen LogP contribution in [0.5, 0.6) is 0 Å². The Morgan fingerprint density at radius 3 is 2.66 bits per heavy atom. The van der Waals surface area contributed by atoms with Crippen LogP contribution in [0.1, 0.15) is 5.56 Å². The van der Waals surface area contributed by atoms with Gasteiger partial charge in [-0.15, -0.1) is 0 Å². The summed E-state index contributed by atoms with van der Waals surface area (Å²) in [7, 11) is 0. The Kier molecular flexibility index (Phi) is 5.28. The van der Waals surface area contributed by atoms with E-state index >= 15 is 0 Å². The molecule has 4 rings (SSSR count). The van der Waals surface area contributed by atoms with Crippen LogP contribution in [0.15, 0.2) is 35.7 Å². The van der Waals surface area contributed by atoms with Crippen LogP contribution in [0, 0.1) is 17.8 Å². The summed E-state index contributed by atoms with van der Waals surface area (Å²) in [6.07, 6.45) is 2.28. The number of nitrogens with two attached hydrogens (primary N) is 1. The number of nitrogens with one attached hydrogen (secondary N) is 1. The molecule has 0 bridgehead atoms. The molecule has 2 saturated carbocycles. The standard InChI is InChI=1S/C18H17Cl2N3O5S/c19-8-2-1-7(5-9(8)20)6-28-14-13(29-17-22-3-4-23-17)10-11(15(24)25)12(10)18(14,21)16(26)27/h1-5,10-14H,6,21H2,(H,22,23)(H,24,25)(H,26,27)/t10-,11-,12-,13-,14+,18+/m0/s1. The van der Waals surface area contributed by atoms with Crippen molar-refractivity contribution in [1.82, 2.24) is 9.97 Å². The van der Waals surface area contributed by atoms with Gasteiger partial charge in [0, 0.05) is 23.6 Å². The molecule has 0 radical (unpaired) electrons. The summed E-state index contributed by atoms with van der Waals surface area (Å²) in [5.74, 6) is -4.30. The lowest BCUT2D eigenvalue weighted by molar-refractivity contribution is -0.152. The molecule has 0 unspecified atom stereocenters. The van der Waals surface area contributed by atoms with Crippen LogP contribution in [0.3, 0.4) is 0 Å². The van der Waals surface area contributed by atoms with E-state index < -0.39 is 46.6 Å². The Bertz CT molecular complexity index is 959. The number of halogens is 2. The van der Waals surface area contributed by atoms with Gasteiger partial charge in [0.15, 0.2) is 5.16 Å². The van der Waals surface area contributed by atoms with Crippen LogP contribution in [-0.2, 0) is 20.9 Å². The van der Waals surface area contributed by atoms with Crippen molar-refractivity contribution in [3.8, 4) is 0 Å². The molecular weight excluding hydrogens is 441 g/mol.